The molecule has 15 heteroatoms. The van der Waals surface area contributed by atoms with E-state index in [-0.39, 0.29) is 19.5 Å². The number of hydrogen-bond acceptors (Lipinski definition) is 8. The van der Waals surface area contributed by atoms with Crippen LogP contribution in [0, 0.1) is 0 Å². The Morgan fingerprint density at radius 1 is 1.17 bits per heavy atom. The minimum atomic E-state index is -1.20. The van der Waals surface area contributed by atoms with Crippen molar-refractivity contribution in [1.29, 1.82) is 0 Å². The van der Waals surface area contributed by atoms with Crippen LogP contribution in [0.2, 0.25) is 0 Å². The first-order valence-electron chi connectivity index (χ1n) is 11.0. The molecule has 1 aromatic rings. The molecule has 0 radical (unpaired) electrons. The summed E-state index contributed by atoms with van der Waals surface area (Å²) in [4.78, 5) is 80.1. The molecule has 192 valence electrons. The number of aromatic amines is 1. The Morgan fingerprint density at radius 2 is 1.91 bits per heavy atom. The van der Waals surface area contributed by atoms with Gasteiger partial charge in [-0.2, -0.15) is 0 Å². The van der Waals surface area contributed by atoms with Gasteiger partial charge in [0.2, 0.25) is 29.5 Å². The van der Waals surface area contributed by atoms with Crippen molar-refractivity contribution in [3.05, 3.63) is 18.2 Å². The van der Waals surface area contributed by atoms with Crippen LogP contribution in [0.1, 0.15) is 25.5 Å². The lowest BCUT2D eigenvalue weighted by molar-refractivity contribution is -0.142. The molecule has 2 rings (SSSR count). The molecule has 2 heterocycles. The van der Waals surface area contributed by atoms with Crippen molar-refractivity contribution in [2.24, 2.45) is 5.73 Å². The zero-order valence-corrected chi connectivity index (χ0v) is 19.2. The van der Waals surface area contributed by atoms with E-state index in [9.17, 15) is 28.8 Å². The Morgan fingerprint density at radius 3 is 2.54 bits per heavy atom. The second kappa shape index (κ2) is 13.0. The number of nitrogens with one attached hydrogen (secondary N) is 5. The van der Waals surface area contributed by atoms with Gasteiger partial charge >= 0.3 is 5.97 Å². The van der Waals surface area contributed by atoms with Crippen LogP contribution in [0.15, 0.2) is 12.5 Å². The number of carbonyl (C=O) groups excluding carboxylic acids is 5. The average Bonchev–Trinajstić information content (AvgIpc) is 3.52. The highest BCUT2D eigenvalue weighted by Crippen LogP contribution is 2.18. The molecule has 0 aromatic carbocycles. The number of aromatic nitrogens is 2. The summed E-state index contributed by atoms with van der Waals surface area (Å²) < 4.78 is 0. The quantitative estimate of drug-likeness (QED) is 0.151. The smallest absolute Gasteiger partial charge is 0.322 e. The Balaban J connectivity index is 1.87. The van der Waals surface area contributed by atoms with Gasteiger partial charge in [-0.1, -0.05) is 0 Å². The molecule has 1 fully saturated rings. The number of carboxylic acid groups (broad SMARTS) is 1. The van der Waals surface area contributed by atoms with Crippen LogP contribution in [0.25, 0.3) is 0 Å². The fraction of sp³-hybridized carbons (Fsp3) is 0.550. The van der Waals surface area contributed by atoms with Gasteiger partial charge in [0.25, 0.3) is 0 Å². The number of nitrogens with two attached hydrogens (primary N) is 1. The maximum atomic E-state index is 12.8. The number of aliphatic carboxylic acids is 1. The van der Waals surface area contributed by atoms with Crippen LogP contribution in [0.4, 0.5) is 0 Å². The molecule has 1 aromatic heterocycles. The van der Waals surface area contributed by atoms with Crippen LogP contribution >= 0.6 is 0 Å². The van der Waals surface area contributed by atoms with Gasteiger partial charge in [-0.25, -0.2) is 4.98 Å². The molecule has 5 amide bonds. The van der Waals surface area contributed by atoms with E-state index in [0.717, 1.165) is 0 Å². The van der Waals surface area contributed by atoms with E-state index in [4.69, 9.17) is 10.8 Å². The highest BCUT2D eigenvalue weighted by Gasteiger charge is 2.36. The highest BCUT2D eigenvalue weighted by molar-refractivity contribution is 5.94. The van der Waals surface area contributed by atoms with E-state index in [2.05, 4.69) is 31.2 Å². The third-order valence-electron chi connectivity index (χ3n) is 5.24. The number of imidazole rings is 1. The topological polar surface area (TPSA) is 229 Å². The number of likely N-dealkylation sites (tertiary alicyclic amines) is 1. The van der Waals surface area contributed by atoms with E-state index in [1.54, 1.807) is 0 Å². The molecular weight excluding hydrogens is 464 g/mol. The summed E-state index contributed by atoms with van der Waals surface area (Å²) in [7, 11) is 0. The van der Waals surface area contributed by atoms with E-state index < -0.39 is 66.7 Å². The van der Waals surface area contributed by atoms with Gasteiger partial charge in [-0.05, 0) is 19.8 Å². The van der Waals surface area contributed by atoms with Gasteiger partial charge in [0.15, 0.2) is 0 Å². The van der Waals surface area contributed by atoms with Crippen molar-refractivity contribution in [3.8, 4) is 0 Å². The fourth-order valence-corrected chi connectivity index (χ4v) is 3.56. The van der Waals surface area contributed by atoms with Gasteiger partial charge < -0.3 is 42.0 Å². The summed E-state index contributed by atoms with van der Waals surface area (Å²) in [6, 6.07) is -2.83. The zero-order chi connectivity index (χ0) is 26.0. The zero-order valence-electron chi connectivity index (χ0n) is 19.2. The molecule has 0 unspecified atom stereocenters. The summed E-state index contributed by atoms with van der Waals surface area (Å²) in [5.74, 6) is -4.13. The molecule has 0 aliphatic carbocycles. The average molecular weight is 495 g/mol. The molecule has 15 nitrogen and oxygen atoms in total. The monoisotopic (exact) mass is 494 g/mol. The third kappa shape index (κ3) is 8.37. The highest BCUT2D eigenvalue weighted by atomic mass is 16.4. The Hall–Kier alpha value is -4.01. The van der Waals surface area contributed by atoms with Gasteiger partial charge in [0.05, 0.1) is 19.4 Å². The third-order valence-corrected chi connectivity index (χ3v) is 5.24. The van der Waals surface area contributed by atoms with Crippen LogP contribution < -0.4 is 27.0 Å². The van der Waals surface area contributed by atoms with Crippen molar-refractivity contribution in [2.45, 2.75) is 44.3 Å². The second-order valence-corrected chi connectivity index (χ2v) is 7.91. The minimum Gasteiger partial charge on any atom is -0.480 e. The first kappa shape index (κ1) is 27.2. The van der Waals surface area contributed by atoms with Crippen molar-refractivity contribution >= 4 is 35.5 Å². The minimum absolute atomic E-state index is 0.0916. The van der Waals surface area contributed by atoms with Crippen LogP contribution in [0.3, 0.4) is 0 Å². The number of amides is 5. The van der Waals surface area contributed by atoms with Crippen LogP contribution in [-0.2, 0) is 35.2 Å². The molecule has 1 aliphatic rings. The number of H-pyrrole nitrogens is 1. The summed E-state index contributed by atoms with van der Waals surface area (Å²) in [5.41, 5.74) is 5.88. The summed E-state index contributed by atoms with van der Waals surface area (Å²) in [6.07, 6.45) is 3.93. The predicted octanol–water partition coefficient (Wildman–Crippen LogP) is -3.79. The van der Waals surface area contributed by atoms with Crippen molar-refractivity contribution < 1.29 is 33.9 Å². The van der Waals surface area contributed by atoms with Crippen molar-refractivity contribution in [1.82, 2.24) is 36.1 Å². The van der Waals surface area contributed by atoms with Crippen molar-refractivity contribution in [2.75, 3.05) is 26.2 Å². The molecule has 0 bridgehead atoms. The van der Waals surface area contributed by atoms with Crippen LogP contribution in [0.5, 0.6) is 0 Å². The van der Waals surface area contributed by atoms with Crippen LogP contribution in [-0.4, -0.2) is 99.8 Å². The summed E-state index contributed by atoms with van der Waals surface area (Å²) in [6.45, 7) is 0.387. The van der Waals surface area contributed by atoms with Gasteiger partial charge in [0, 0.05) is 24.9 Å². The Bertz CT molecular complexity index is 936. The molecule has 1 aliphatic heterocycles. The molecule has 3 atom stereocenters. The largest absolute Gasteiger partial charge is 0.480 e. The number of hydrogen-bond donors (Lipinski definition) is 7. The first-order chi connectivity index (χ1) is 16.6. The molecule has 0 spiro atoms. The van der Waals surface area contributed by atoms with Gasteiger partial charge in [0.1, 0.15) is 24.7 Å². The number of nitrogens with zero attached hydrogens (tertiary/aromatic N) is 2. The molecular formula is C20H30N8O7. The number of rotatable bonds is 12. The number of carbonyl (C=O) groups is 6. The summed E-state index contributed by atoms with van der Waals surface area (Å²) >= 11 is 0. The van der Waals surface area contributed by atoms with Crippen molar-refractivity contribution in [3.63, 3.8) is 0 Å². The lowest BCUT2D eigenvalue weighted by Gasteiger charge is -2.27. The lowest BCUT2D eigenvalue weighted by Crippen LogP contribution is -2.55. The molecule has 0 saturated carbocycles. The van der Waals surface area contributed by atoms with E-state index in [1.165, 1.54) is 24.3 Å². The maximum Gasteiger partial charge on any atom is 0.322 e. The molecule has 1 saturated heterocycles. The molecule has 8 N–H and O–H groups in total. The Kier molecular flexibility index (Phi) is 10.1. The molecule has 35 heavy (non-hydrogen) atoms. The standard InChI is InChI=1S/C20H30N8O7/c1-11(20(35)28-4-2-3-14(28)19(34)24-9-17(31)32)26-16(30)8-23-18(33)13(27-15(29)6-21)5-12-7-22-10-25-12/h7,10-11,13-14H,2-6,8-9,21H2,1H3,(H,22,25)(H,23,33)(H,24,34)(H,26,30)(H,27,29)(H,31,32)/t11-,13-,14-/m0/s1. The lowest BCUT2D eigenvalue weighted by atomic mass is 10.1. The summed E-state index contributed by atoms with van der Waals surface area (Å²) in [5, 5.41) is 18.3. The normalized spacial score (nSPS) is 16.6. The first-order valence-corrected chi connectivity index (χ1v) is 11.0. The number of carboxylic acids is 1. The fourth-order valence-electron chi connectivity index (χ4n) is 3.56. The maximum absolute atomic E-state index is 12.8. The predicted molar refractivity (Wildman–Crippen MR) is 119 cm³/mol. The van der Waals surface area contributed by atoms with E-state index in [0.29, 0.717) is 18.5 Å². The van der Waals surface area contributed by atoms with E-state index >= 15 is 0 Å². The Labute approximate surface area is 200 Å². The SMILES string of the molecule is C[C@H](NC(=O)CNC(=O)[C@H](Cc1cnc[nH]1)NC(=O)CN)C(=O)N1CCC[C@H]1C(=O)NCC(=O)O. The van der Waals surface area contributed by atoms with Gasteiger partial charge in [-0.3, -0.25) is 28.8 Å². The van der Waals surface area contributed by atoms with Gasteiger partial charge in [-0.15, -0.1) is 0 Å². The van der Waals surface area contributed by atoms with E-state index in [1.807, 2.05) is 0 Å². The second-order valence-electron chi connectivity index (χ2n) is 7.91.